The van der Waals surface area contributed by atoms with Gasteiger partial charge in [-0.15, -0.1) is 11.3 Å². The Bertz CT molecular complexity index is 347. The van der Waals surface area contributed by atoms with Gasteiger partial charge in [0.05, 0.1) is 11.2 Å². The molecule has 0 atom stereocenters. The summed E-state index contributed by atoms with van der Waals surface area (Å²) in [4.78, 5) is 5.21. The zero-order chi connectivity index (χ0) is 8.39. The predicted molar refractivity (Wildman–Crippen MR) is 56.4 cm³/mol. The molecule has 1 heterocycles. The first kappa shape index (κ1) is 7.83. The average molecular weight is 193 g/mol. The van der Waals surface area contributed by atoms with Gasteiger partial charge in [-0.3, -0.25) is 0 Å². The lowest BCUT2D eigenvalue weighted by Crippen LogP contribution is -2.00. The third kappa shape index (κ3) is 1.38. The van der Waals surface area contributed by atoms with Crippen molar-refractivity contribution in [3.63, 3.8) is 0 Å². The van der Waals surface area contributed by atoms with Gasteiger partial charge in [0, 0.05) is 22.2 Å². The van der Waals surface area contributed by atoms with Crippen LogP contribution in [-0.2, 0) is 0 Å². The zero-order valence-electron chi connectivity index (χ0n) is 6.36. The lowest BCUT2D eigenvalue weighted by molar-refractivity contribution is 1.36. The summed E-state index contributed by atoms with van der Waals surface area (Å²) in [6, 6.07) is 0. The van der Waals surface area contributed by atoms with Crippen LogP contribution >= 0.6 is 23.6 Å². The summed E-state index contributed by atoms with van der Waals surface area (Å²) in [5.41, 5.74) is 3.94. The van der Waals surface area contributed by atoms with E-state index in [0.29, 0.717) is 0 Å². The van der Waals surface area contributed by atoms with E-state index in [1.54, 1.807) is 11.3 Å². The van der Waals surface area contributed by atoms with Gasteiger partial charge in [-0.1, -0.05) is 30.4 Å². The van der Waals surface area contributed by atoms with E-state index in [-0.39, 0.29) is 0 Å². The Kier molecular flexibility index (Phi) is 2.15. The number of hydrogen-bond acceptors (Lipinski definition) is 3. The topological polar surface area (TPSA) is 12.9 Å². The molecule has 1 aromatic heterocycles. The van der Waals surface area contributed by atoms with Crippen molar-refractivity contribution in [3.05, 3.63) is 34.8 Å². The second-order valence-corrected chi connectivity index (χ2v) is 3.72. The molecule has 1 aliphatic carbocycles. The summed E-state index contributed by atoms with van der Waals surface area (Å²) < 4.78 is 0. The first-order valence-corrected chi connectivity index (χ1v) is 5.01. The molecule has 1 aliphatic rings. The van der Waals surface area contributed by atoms with Gasteiger partial charge in [0.2, 0.25) is 0 Å². The second-order valence-electron chi connectivity index (χ2n) is 2.51. The molecule has 1 nitrogen and oxygen atoms in total. The maximum Gasteiger partial charge on any atom is 0.0822 e. The summed E-state index contributed by atoms with van der Waals surface area (Å²) in [5, 5.41) is 2.03. The molecule has 12 heavy (non-hydrogen) atoms. The third-order valence-corrected chi connectivity index (χ3v) is 2.68. The van der Waals surface area contributed by atoms with Crippen LogP contribution in [0.3, 0.4) is 0 Å². The number of thiocarbonyl (C=S) groups is 1. The molecule has 0 saturated carbocycles. The molecule has 0 fully saturated rings. The number of nitrogens with zero attached hydrogens (tertiary/aromatic N) is 1. The Labute approximate surface area is 80.5 Å². The van der Waals surface area contributed by atoms with Crippen LogP contribution in [0.4, 0.5) is 0 Å². The fraction of sp³-hybridized carbons (Fsp3) is 0.111. The molecular weight excluding hydrogens is 186 g/mol. The van der Waals surface area contributed by atoms with Crippen molar-refractivity contribution in [3.8, 4) is 0 Å². The molecule has 0 bridgehead atoms. The summed E-state index contributed by atoms with van der Waals surface area (Å²) >= 11 is 6.82. The predicted octanol–water partition coefficient (Wildman–Crippen LogP) is 2.86. The molecule has 60 valence electrons. The van der Waals surface area contributed by atoms with Crippen LogP contribution in [-0.4, -0.2) is 9.85 Å². The van der Waals surface area contributed by atoms with Crippen LogP contribution in [0, 0.1) is 0 Å². The highest BCUT2D eigenvalue weighted by Gasteiger charge is 2.09. The number of allylic oxidation sites excluding steroid dienone is 4. The van der Waals surface area contributed by atoms with E-state index < -0.39 is 0 Å². The quantitative estimate of drug-likeness (QED) is 0.636. The van der Waals surface area contributed by atoms with Gasteiger partial charge in [0.15, 0.2) is 0 Å². The van der Waals surface area contributed by atoms with Crippen LogP contribution in [0.25, 0.3) is 5.57 Å². The van der Waals surface area contributed by atoms with Crippen LogP contribution in [0.5, 0.6) is 0 Å². The van der Waals surface area contributed by atoms with Gasteiger partial charge in [-0.25, -0.2) is 4.98 Å². The van der Waals surface area contributed by atoms with Crippen molar-refractivity contribution in [2.75, 3.05) is 0 Å². The average Bonchev–Trinajstić information content (AvgIpc) is 2.57. The van der Waals surface area contributed by atoms with Gasteiger partial charge in [0.1, 0.15) is 0 Å². The van der Waals surface area contributed by atoms with E-state index in [0.717, 1.165) is 22.6 Å². The van der Waals surface area contributed by atoms with Crippen molar-refractivity contribution in [1.29, 1.82) is 0 Å². The molecule has 2 rings (SSSR count). The Hall–Kier alpha value is -0.800. The molecule has 0 amide bonds. The molecule has 0 unspecified atom stereocenters. The smallest absolute Gasteiger partial charge is 0.0822 e. The Morgan fingerprint density at radius 2 is 2.42 bits per heavy atom. The van der Waals surface area contributed by atoms with Gasteiger partial charge < -0.3 is 0 Å². The molecule has 0 aromatic carbocycles. The molecule has 0 saturated heterocycles. The lowest BCUT2D eigenvalue weighted by Gasteiger charge is -2.06. The zero-order valence-corrected chi connectivity index (χ0v) is 7.99. The first-order valence-electron chi connectivity index (χ1n) is 3.66. The molecule has 0 aliphatic heterocycles. The van der Waals surface area contributed by atoms with Crippen molar-refractivity contribution < 1.29 is 0 Å². The normalized spacial score (nSPS) is 16.3. The highest BCUT2D eigenvalue weighted by atomic mass is 32.1. The monoisotopic (exact) mass is 193 g/mol. The molecule has 3 heteroatoms. The number of hydrogen-bond donors (Lipinski definition) is 0. The van der Waals surface area contributed by atoms with Gasteiger partial charge in [0.25, 0.3) is 0 Å². The van der Waals surface area contributed by atoms with E-state index in [1.807, 2.05) is 23.0 Å². The summed E-state index contributed by atoms with van der Waals surface area (Å²) in [6.45, 7) is 0. The fourth-order valence-electron chi connectivity index (χ4n) is 1.12. The molecule has 1 aromatic rings. The van der Waals surface area contributed by atoms with Crippen LogP contribution in [0.15, 0.2) is 29.1 Å². The van der Waals surface area contributed by atoms with Gasteiger partial charge >= 0.3 is 0 Å². The Balaban J connectivity index is 2.40. The van der Waals surface area contributed by atoms with Crippen LogP contribution in [0.2, 0.25) is 0 Å². The van der Waals surface area contributed by atoms with E-state index in [4.69, 9.17) is 12.2 Å². The maximum atomic E-state index is 5.22. The SMILES string of the molecule is S=C1CC=CC=C1c1cscn1. The fourth-order valence-corrected chi connectivity index (χ4v) is 1.94. The molecule has 0 radical (unpaired) electrons. The highest BCUT2D eigenvalue weighted by Crippen LogP contribution is 2.21. The number of thiazole rings is 1. The van der Waals surface area contributed by atoms with E-state index in [1.165, 1.54) is 0 Å². The first-order chi connectivity index (χ1) is 5.88. The Morgan fingerprint density at radius 3 is 3.08 bits per heavy atom. The Morgan fingerprint density at radius 1 is 1.50 bits per heavy atom. The van der Waals surface area contributed by atoms with Crippen LogP contribution < -0.4 is 0 Å². The van der Waals surface area contributed by atoms with E-state index in [2.05, 4.69) is 11.1 Å². The number of aromatic nitrogens is 1. The number of rotatable bonds is 1. The molecular formula is C9H7NS2. The minimum absolute atomic E-state index is 0.874. The summed E-state index contributed by atoms with van der Waals surface area (Å²) in [7, 11) is 0. The van der Waals surface area contributed by atoms with Crippen molar-refractivity contribution in [2.24, 2.45) is 0 Å². The molecule has 0 N–H and O–H groups in total. The summed E-state index contributed by atoms with van der Waals surface area (Å²) in [6.07, 6.45) is 7.00. The largest absolute Gasteiger partial charge is 0.245 e. The summed E-state index contributed by atoms with van der Waals surface area (Å²) in [5.74, 6) is 0. The van der Waals surface area contributed by atoms with E-state index >= 15 is 0 Å². The minimum atomic E-state index is 0.874. The van der Waals surface area contributed by atoms with Gasteiger partial charge in [-0.2, -0.15) is 0 Å². The minimum Gasteiger partial charge on any atom is -0.245 e. The van der Waals surface area contributed by atoms with Crippen LogP contribution in [0.1, 0.15) is 12.1 Å². The second kappa shape index (κ2) is 3.29. The van der Waals surface area contributed by atoms with Crippen molar-refractivity contribution >= 4 is 34.0 Å². The van der Waals surface area contributed by atoms with E-state index in [9.17, 15) is 0 Å². The standard InChI is InChI=1S/C9H7NS2/c11-9-4-2-1-3-7(9)8-5-12-6-10-8/h1-3,5-6H,4H2. The van der Waals surface area contributed by atoms with Crippen molar-refractivity contribution in [1.82, 2.24) is 4.98 Å². The maximum absolute atomic E-state index is 5.22. The lowest BCUT2D eigenvalue weighted by atomic mass is 10.0. The third-order valence-electron chi connectivity index (χ3n) is 1.71. The van der Waals surface area contributed by atoms with Crippen molar-refractivity contribution in [2.45, 2.75) is 6.42 Å². The van der Waals surface area contributed by atoms with Gasteiger partial charge in [-0.05, 0) is 0 Å². The highest BCUT2D eigenvalue weighted by molar-refractivity contribution is 7.81. The molecule has 0 spiro atoms.